The lowest BCUT2D eigenvalue weighted by Gasteiger charge is -2.51. The minimum absolute atomic E-state index is 0.0580. The summed E-state index contributed by atoms with van der Waals surface area (Å²) >= 11 is 0. The van der Waals surface area contributed by atoms with Crippen molar-refractivity contribution in [3.63, 3.8) is 0 Å². The third kappa shape index (κ3) is 5.08. The van der Waals surface area contributed by atoms with E-state index in [0.29, 0.717) is 61.8 Å². The van der Waals surface area contributed by atoms with Crippen molar-refractivity contribution in [3.05, 3.63) is 70.9 Å². The molecule has 0 N–H and O–H groups in total. The molecule has 0 amide bonds. The normalized spacial score (nSPS) is 16.7. The number of benzene rings is 1. The second-order valence-corrected chi connectivity index (χ2v) is 9.08. The molecule has 0 saturated carbocycles. The summed E-state index contributed by atoms with van der Waals surface area (Å²) in [7, 11) is 0. The van der Waals surface area contributed by atoms with E-state index in [-0.39, 0.29) is 24.5 Å². The van der Waals surface area contributed by atoms with Gasteiger partial charge in [0.15, 0.2) is 5.78 Å². The van der Waals surface area contributed by atoms with E-state index in [0.717, 1.165) is 0 Å². The highest BCUT2D eigenvalue weighted by Gasteiger charge is 2.46. The molecule has 11 nitrogen and oxygen atoms in total. The third-order valence-corrected chi connectivity index (χ3v) is 6.96. The Hall–Kier alpha value is -4.12. The molecule has 4 heterocycles. The van der Waals surface area contributed by atoms with Crippen molar-refractivity contribution in [2.45, 2.75) is 38.3 Å². The first kappa shape index (κ1) is 24.6. The second-order valence-electron chi connectivity index (χ2n) is 9.08. The van der Waals surface area contributed by atoms with Gasteiger partial charge in [-0.15, -0.1) is 5.06 Å². The van der Waals surface area contributed by atoms with Crippen LogP contribution in [0.15, 0.2) is 59.8 Å². The van der Waals surface area contributed by atoms with E-state index < -0.39 is 11.7 Å². The number of piperidine rings is 1. The summed E-state index contributed by atoms with van der Waals surface area (Å²) in [5.41, 5.74) is 0.904. The number of hydrogen-bond donors (Lipinski definition) is 0. The van der Waals surface area contributed by atoms with E-state index in [1.54, 1.807) is 40.9 Å². The highest BCUT2D eigenvalue weighted by Crippen LogP contribution is 2.39. The van der Waals surface area contributed by atoms with Gasteiger partial charge in [-0.2, -0.15) is 0 Å². The van der Waals surface area contributed by atoms with Gasteiger partial charge in [0, 0.05) is 43.0 Å². The van der Waals surface area contributed by atoms with Gasteiger partial charge in [-0.25, -0.2) is 19.7 Å². The van der Waals surface area contributed by atoms with Gasteiger partial charge in [-0.05, 0) is 32.3 Å². The van der Waals surface area contributed by atoms with Crippen LogP contribution in [0.4, 0.5) is 10.7 Å². The molecule has 1 aromatic carbocycles. The van der Waals surface area contributed by atoms with Crippen molar-refractivity contribution >= 4 is 17.9 Å². The van der Waals surface area contributed by atoms with Gasteiger partial charge in [0.2, 0.25) is 5.95 Å². The number of ketones is 1. The van der Waals surface area contributed by atoms with Gasteiger partial charge in [0.1, 0.15) is 6.33 Å². The first-order valence-electron chi connectivity index (χ1n) is 12.3. The first-order chi connectivity index (χ1) is 18.0. The van der Waals surface area contributed by atoms with Crippen LogP contribution < -0.4 is 10.5 Å². The maximum absolute atomic E-state index is 13.4. The number of aromatic nitrogens is 4. The number of carbonyl (C=O) groups excluding carboxylic acids is 2. The van der Waals surface area contributed by atoms with Crippen LogP contribution in [0.2, 0.25) is 0 Å². The molecule has 5 rings (SSSR count). The molecule has 0 unspecified atom stereocenters. The number of Topliss-reactive ketones (excluding diaryl/α,β-unsaturated/α-hetero) is 1. The minimum Gasteiger partial charge on any atom is -0.433 e. The van der Waals surface area contributed by atoms with Crippen LogP contribution in [0.5, 0.6) is 0 Å². The molecule has 0 radical (unpaired) electrons. The summed E-state index contributed by atoms with van der Waals surface area (Å²) in [5, 5.41) is 1.59. The van der Waals surface area contributed by atoms with Gasteiger partial charge in [-0.3, -0.25) is 14.2 Å². The van der Waals surface area contributed by atoms with Crippen LogP contribution in [-0.2, 0) is 16.1 Å². The summed E-state index contributed by atoms with van der Waals surface area (Å²) in [6.07, 6.45) is 4.16. The van der Waals surface area contributed by atoms with Crippen molar-refractivity contribution < 1.29 is 19.2 Å². The van der Waals surface area contributed by atoms with Crippen molar-refractivity contribution in [1.29, 1.82) is 0 Å². The van der Waals surface area contributed by atoms with E-state index in [9.17, 15) is 14.4 Å². The average Bonchev–Trinajstić information content (AvgIpc) is 2.92. The van der Waals surface area contributed by atoms with E-state index in [2.05, 4.69) is 9.97 Å². The van der Waals surface area contributed by atoms with Crippen LogP contribution in [0, 0.1) is 0 Å². The lowest BCUT2D eigenvalue weighted by Crippen LogP contribution is -2.61. The van der Waals surface area contributed by atoms with E-state index in [4.69, 9.17) is 14.6 Å². The Kier molecular flexibility index (Phi) is 6.95. The molecule has 2 aliphatic heterocycles. The first-order valence-corrected chi connectivity index (χ1v) is 12.3. The van der Waals surface area contributed by atoms with Crippen molar-refractivity contribution in [2.24, 2.45) is 0 Å². The molecule has 3 aromatic rings. The van der Waals surface area contributed by atoms with E-state index in [1.807, 2.05) is 23.1 Å². The molecule has 1 spiro atoms. The van der Waals surface area contributed by atoms with E-state index >= 15 is 0 Å². The van der Waals surface area contributed by atoms with Crippen LogP contribution >= 0.6 is 0 Å². The molecular formula is C26H28N6O5. The molecule has 1 fully saturated rings. The Morgan fingerprint density at radius 3 is 2.49 bits per heavy atom. The standard InChI is InChI=1S/C26H28N6O5/c1-2-36-25(35)37-30-13-9-26(10-14-30)11-15-31-23(34)16-21(20-8-12-27-18-28-20)29-24(31)32(26)17-22(33)19-6-4-3-5-7-19/h3-8,12,16,18H,2,9-11,13-15,17H2,1H3. The smallest absolute Gasteiger partial charge is 0.433 e. The maximum Gasteiger partial charge on any atom is 0.527 e. The quantitative estimate of drug-likeness (QED) is 0.366. The highest BCUT2D eigenvalue weighted by atomic mass is 16.8. The fraction of sp³-hybridized carbons (Fsp3) is 0.385. The Bertz CT molecular complexity index is 1320. The Morgan fingerprint density at radius 2 is 1.78 bits per heavy atom. The topological polar surface area (TPSA) is 120 Å². The van der Waals surface area contributed by atoms with Crippen LogP contribution in [-0.4, -0.2) is 68.3 Å². The molecule has 11 heteroatoms. The predicted molar refractivity (Wildman–Crippen MR) is 134 cm³/mol. The zero-order valence-electron chi connectivity index (χ0n) is 20.6. The summed E-state index contributed by atoms with van der Waals surface area (Å²) in [6, 6.07) is 12.3. The average molecular weight is 505 g/mol. The molecule has 192 valence electrons. The van der Waals surface area contributed by atoms with Gasteiger partial charge >= 0.3 is 6.16 Å². The molecule has 2 aromatic heterocycles. The number of rotatable bonds is 6. The molecule has 0 bridgehead atoms. The third-order valence-electron chi connectivity index (χ3n) is 6.96. The van der Waals surface area contributed by atoms with Crippen LogP contribution in [0.1, 0.15) is 36.5 Å². The molecule has 0 atom stereocenters. The van der Waals surface area contributed by atoms with Crippen molar-refractivity contribution in [3.8, 4) is 11.4 Å². The fourth-order valence-electron chi connectivity index (χ4n) is 5.01. The molecule has 2 aliphatic rings. The fourth-order valence-corrected chi connectivity index (χ4v) is 5.01. The van der Waals surface area contributed by atoms with Gasteiger partial charge in [0.05, 0.1) is 24.5 Å². The number of hydroxylamine groups is 2. The van der Waals surface area contributed by atoms with Gasteiger partial charge in [-0.1, -0.05) is 30.3 Å². The molecule has 1 saturated heterocycles. The summed E-state index contributed by atoms with van der Waals surface area (Å²) in [5.74, 6) is 0.372. The van der Waals surface area contributed by atoms with Gasteiger partial charge in [0.25, 0.3) is 5.56 Å². The van der Waals surface area contributed by atoms with Crippen molar-refractivity contribution in [2.75, 3.05) is 31.1 Å². The summed E-state index contributed by atoms with van der Waals surface area (Å²) < 4.78 is 6.52. The number of ether oxygens (including phenoxy) is 1. The molecule has 0 aliphatic carbocycles. The summed E-state index contributed by atoms with van der Waals surface area (Å²) in [4.78, 5) is 58.7. The Balaban J connectivity index is 1.50. The zero-order chi connectivity index (χ0) is 25.8. The summed E-state index contributed by atoms with van der Waals surface area (Å²) in [6.45, 7) is 3.41. The minimum atomic E-state index is -0.730. The molecular weight excluding hydrogens is 476 g/mol. The number of anilines is 1. The molecule has 37 heavy (non-hydrogen) atoms. The number of hydrogen-bond acceptors (Lipinski definition) is 10. The SMILES string of the molecule is CCOC(=O)ON1CCC2(CC1)CCn1c(nc(-c3ccncn3)cc1=O)N2CC(=O)c1ccccc1. The Morgan fingerprint density at radius 1 is 1.03 bits per heavy atom. The number of carbonyl (C=O) groups is 2. The lowest BCUT2D eigenvalue weighted by atomic mass is 9.81. The lowest BCUT2D eigenvalue weighted by molar-refractivity contribution is -0.145. The van der Waals surface area contributed by atoms with Crippen LogP contribution in [0.25, 0.3) is 11.4 Å². The highest BCUT2D eigenvalue weighted by molar-refractivity contribution is 5.99. The monoisotopic (exact) mass is 504 g/mol. The predicted octanol–water partition coefficient (Wildman–Crippen LogP) is 2.72. The number of nitrogens with zero attached hydrogens (tertiary/aromatic N) is 6. The zero-order valence-corrected chi connectivity index (χ0v) is 20.6. The van der Waals surface area contributed by atoms with Gasteiger partial charge < -0.3 is 14.5 Å². The second kappa shape index (κ2) is 10.5. The maximum atomic E-state index is 13.4. The number of fused-ring (bicyclic) bond motifs is 1. The largest absolute Gasteiger partial charge is 0.527 e. The van der Waals surface area contributed by atoms with Crippen LogP contribution in [0.3, 0.4) is 0 Å². The van der Waals surface area contributed by atoms with Crippen molar-refractivity contribution in [1.82, 2.24) is 24.6 Å². The van der Waals surface area contributed by atoms with E-state index in [1.165, 1.54) is 12.4 Å². The Labute approximate surface area is 213 Å².